The summed E-state index contributed by atoms with van der Waals surface area (Å²) in [5.74, 6) is 0.689. The second-order valence-electron chi connectivity index (χ2n) is 3.70. The Morgan fingerprint density at radius 2 is 2.22 bits per heavy atom. The van der Waals surface area contributed by atoms with Crippen LogP contribution in [0.5, 0.6) is 0 Å². The van der Waals surface area contributed by atoms with Crippen LogP contribution < -0.4 is 5.32 Å². The largest absolute Gasteiger partial charge is 0.318 e. The number of pyridine rings is 1. The lowest BCUT2D eigenvalue weighted by Crippen LogP contribution is -2.00. The van der Waals surface area contributed by atoms with Crippen LogP contribution in [0.1, 0.15) is 5.69 Å². The van der Waals surface area contributed by atoms with E-state index in [1.165, 1.54) is 12.3 Å². The molecule has 8 heteroatoms. The van der Waals surface area contributed by atoms with Gasteiger partial charge in [0.05, 0.1) is 4.92 Å². The molecule has 2 aromatic heterocycles. The molecule has 18 heavy (non-hydrogen) atoms. The van der Waals surface area contributed by atoms with Gasteiger partial charge in [0.15, 0.2) is 5.82 Å². The summed E-state index contributed by atoms with van der Waals surface area (Å²) >= 11 is 3.15. The fourth-order valence-corrected chi connectivity index (χ4v) is 1.73. The van der Waals surface area contributed by atoms with Gasteiger partial charge in [-0.15, -0.1) is 0 Å². The molecule has 7 nitrogen and oxygen atoms in total. The van der Waals surface area contributed by atoms with Crippen LogP contribution in [0.4, 0.5) is 17.3 Å². The Morgan fingerprint density at radius 3 is 2.78 bits per heavy atom. The summed E-state index contributed by atoms with van der Waals surface area (Å²) in [5, 5.41) is 17.9. The lowest BCUT2D eigenvalue weighted by molar-refractivity contribution is -0.384. The van der Waals surface area contributed by atoms with Crippen LogP contribution in [0.25, 0.3) is 0 Å². The van der Waals surface area contributed by atoms with Crippen LogP contribution >= 0.6 is 15.9 Å². The number of nitrogens with one attached hydrogen (secondary N) is 1. The summed E-state index contributed by atoms with van der Waals surface area (Å²) in [5.41, 5.74) is 0.838. The molecule has 0 aliphatic carbocycles. The second kappa shape index (κ2) is 4.73. The zero-order valence-corrected chi connectivity index (χ0v) is 11.3. The van der Waals surface area contributed by atoms with E-state index in [4.69, 9.17) is 0 Å². The molecule has 94 valence electrons. The topological polar surface area (TPSA) is 85.9 Å². The van der Waals surface area contributed by atoms with Crippen molar-refractivity contribution in [1.82, 2.24) is 14.8 Å². The van der Waals surface area contributed by atoms with Crippen LogP contribution in [0.15, 0.2) is 22.8 Å². The predicted molar refractivity (Wildman–Crippen MR) is 69.8 cm³/mol. The highest BCUT2D eigenvalue weighted by molar-refractivity contribution is 9.10. The molecule has 2 rings (SSSR count). The van der Waals surface area contributed by atoms with E-state index in [-0.39, 0.29) is 11.5 Å². The molecule has 0 amide bonds. The third kappa shape index (κ3) is 2.48. The fourth-order valence-electron chi connectivity index (χ4n) is 1.41. The minimum absolute atomic E-state index is 0.104. The molecular weight excluding hydrogens is 302 g/mol. The maximum atomic E-state index is 10.9. The fraction of sp³-hybridized carbons (Fsp3) is 0.200. The maximum Gasteiger partial charge on any atom is 0.312 e. The van der Waals surface area contributed by atoms with Gasteiger partial charge in [0.2, 0.25) is 5.82 Å². The molecular formula is C10H10BrN5O2. The molecule has 0 saturated heterocycles. The first-order chi connectivity index (χ1) is 8.47. The first-order valence-electron chi connectivity index (χ1n) is 5.05. The maximum absolute atomic E-state index is 10.9. The average molecular weight is 312 g/mol. The summed E-state index contributed by atoms with van der Waals surface area (Å²) in [7, 11) is 1.80. The van der Waals surface area contributed by atoms with Gasteiger partial charge in [-0.3, -0.25) is 14.8 Å². The van der Waals surface area contributed by atoms with Crippen LogP contribution in [-0.4, -0.2) is 19.7 Å². The van der Waals surface area contributed by atoms with Crippen LogP contribution in [0.2, 0.25) is 0 Å². The Hall–Kier alpha value is -1.96. The number of anilines is 2. The molecule has 2 heterocycles. The first kappa shape index (κ1) is 12.5. The van der Waals surface area contributed by atoms with Crippen LogP contribution in [0.3, 0.4) is 0 Å². The average Bonchev–Trinajstić information content (AvgIpc) is 2.60. The number of hydrogen-bond acceptors (Lipinski definition) is 5. The van der Waals surface area contributed by atoms with Gasteiger partial charge >= 0.3 is 5.69 Å². The lowest BCUT2D eigenvalue weighted by Gasteiger charge is -2.03. The van der Waals surface area contributed by atoms with Gasteiger partial charge in [-0.25, -0.2) is 4.98 Å². The third-order valence-electron chi connectivity index (χ3n) is 2.39. The predicted octanol–water partition coefficient (Wildman–Crippen LogP) is 2.54. The van der Waals surface area contributed by atoms with Crippen molar-refractivity contribution in [2.75, 3.05) is 5.32 Å². The molecule has 0 unspecified atom stereocenters. The van der Waals surface area contributed by atoms with Crippen molar-refractivity contribution in [2.45, 2.75) is 6.92 Å². The highest BCUT2D eigenvalue weighted by Gasteiger charge is 2.17. The minimum atomic E-state index is -0.490. The zero-order valence-electron chi connectivity index (χ0n) is 9.72. The summed E-state index contributed by atoms with van der Waals surface area (Å²) < 4.78 is 2.23. The number of hydrogen-bond donors (Lipinski definition) is 1. The Morgan fingerprint density at radius 1 is 1.50 bits per heavy atom. The van der Waals surface area contributed by atoms with Gasteiger partial charge in [-0.05, 0) is 22.9 Å². The summed E-state index contributed by atoms with van der Waals surface area (Å²) in [6.45, 7) is 1.89. The molecule has 0 radical (unpaired) electrons. The van der Waals surface area contributed by atoms with Crippen molar-refractivity contribution in [3.8, 4) is 0 Å². The van der Waals surface area contributed by atoms with E-state index < -0.39 is 4.92 Å². The number of nitrogens with zero attached hydrogens (tertiary/aromatic N) is 4. The van der Waals surface area contributed by atoms with Gasteiger partial charge in [0, 0.05) is 35.5 Å². The SMILES string of the molecule is Cc1cc(Nc2ncc(Br)cc2[N+](=O)[O-])nn1C. The molecule has 0 fully saturated rings. The highest BCUT2D eigenvalue weighted by atomic mass is 79.9. The summed E-state index contributed by atoms with van der Waals surface area (Å²) in [4.78, 5) is 14.4. The lowest BCUT2D eigenvalue weighted by atomic mass is 10.4. The van der Waals surface area contributed by atoms with E-state index in [0.29, 0.717) is 10.3 Å². The van der Waals surface area contributed by atoms with E-state index >= 15 is 0 Å². The molecule has 0 bridgehead atoms. The van der Waals surface area contributed by atoms with Crippen molar-refractivity contribution in [2.24, 2.45) is 7.05 Å². The van der Waals surface area contributed by atoms with E-state index in [9.17, 15) is 10.1 Å². The molecule has 0 spiro atoms. The van der Waals surface area contributed by atoms with Crippen molar-refractivity contribution in [3.05, 3.63) is 38.6 Å². The standard InChI is InChI=1S/C10H10BrN5O2/c1-6-3-9(14-15(6)2)13-10-8(16(17)18)4-7(11)5-12-10/h3-5H,1-2H3,(H,12,13,14). The normalized spacial score (nSPS) is 10.4. The highest BCUT2D eigenvalue weighted by Crippen LogP contribution is 2.27. The molecule has 0 aromatic carbocycles. The molecule has 2 aromatic rings. The second-order valence-corrected chi connectivity index (χ2v) is 4.61. The number of rotatable bonds is 3. The zero-order chi connectivity index (χ0) is 13.3. The quantitative estimate of drug-likeness (QED) is 0.695. The first-order valence-corrected chi connectivity index (χ1v) is 5.84. The van der Waals surface area contributed by atoms with Gasteiger partial charge in [-0.1, -0.05) is 0 Å². The van der Waals surface area contributed by atoms with Gasteiger partial charge in [0.1, 0.15) is 0 Å². The summed E-state index contributed by atoms with van der Waals surface area (Å²) in [6, 6.07) is 3.18. The minimum Gasteiger partial charge on any atom is -0.318 e. The Bertz CT molecular complexity index is 591. The summed E-state index contributed by atoms with van der Waals surface area (Å²) in [6.07, 6.45) is 1.49. The molecule has 0 aliphatic heterocycles. The van der Waals surface area contributed by atoms with Crippen molar-refractivity contribution in [1.29, 1.82) is 0 Å². The third-order valence-corrected chi connectivity index (χ3v) is 2.82. The van der Waals surface area contributed by atoms with Gasteiger partial charge < -0.3 is 5.32 Å². The van der Waals surface area contributed by atoms with E-state index in [1.807, 2.05) is 6.92 Å². The Balaban J connectivity index is 2.36. The smallest absolute Gasteiger partial charge is 0.312 e. The van der Waals surface area contributed by atoms with Gasteiger partial charge in [0.25, 0.3) is 0 Å². The number of aryl methyl sites for hydroxylation is 2. The molecule has 1 N–H and O–H groups in total. The number of halogens is 1. The van der Waals surface area contributed by atoms with E-state index in [0.717, 1.165) is 5.69 Å². The Labute approximate surface area is 111 Å². The number of aromatic nitrogens is 3. The van der Waals surface area contributed by atoms with Crippen LogP contribution in [0, 0.1) is 17.0 Å². The monoisotopic (exact) mass is 311 g/mol. The Kier molecular flexibility index (Phi) is 3.28. The van der Waals surface area contributed by atoms with E-state index in [1.54, 1.807) is 17.8 Å². The molecule has 0 aliphatic rings. The van der Waals surface area contributed by atoms with Gasteiger partial charge in [-0.2, -0.15) is 5.10 Å². The molecule has 0 atom stereocenters. The van der Waals surface area contributed by atoms with Crippen molar-refractivity contribution < 1.29 is 4.92 Å². The number of nitro groups is 1. The molecule has 0 saturated carbocycles. The van der Waals surface area contributed by atoms with E-state index in [2.05, 4.69) is 31.3 Å². The van der Waals surface area contributed by atoms with Crippen molar-refractivity contribution >= 4 is 33.3 Å². The van der Waals surface area contributed by atoms with Crippen molar-refractivity contribution in [3.63, 3.8) is 0 Å². The van der Waals surface area contributed by atoms with Crippen LogP contribution in [-0.2, 0) is 7.05 Å².